The first kappa shape index (κ1) is 12.9. The maximum absolute atomic E-state index is 9.25. The van der Waals surface area contributed by atoms with Gasteiger partial charge in [-0.05, 0) is 37.3 Å². The molecule has 0 aromatic carbocycles. The van der Waals surface area contributed by atoms with Crippen molar-refractivity contribution >= 4 is 5.82 Å². The van der Waals surface area contributed by atoms with Crippen molar-refractivity contribution < 1.29 is 0 Å². The van der Waals surface area contributed by atoms with Crippen molar-refractivity contribution in [3.8, 4) is 6.07 Å². The maximum atomic E-state index is 9.25. The topological polar surface area (TPSA) is 39.9 Å². The fraction of sp³-hybridized carbons (Fsp3) is 0.600. The molecule has 1 aliphatic rings. The third kappa shape index (κ3) is 2.64. The molecule has 0 saturated carbocycles. The summed E-state index contributed by atoms with van der Waals surface area (Å²) < 4.78 is 0. The third-order valence-electron chi connectivity index (χ3n) is 3.61. The number of unbranched alkanes of at least 4 members (excludes halogenated alkanes) is 2. The summed E-state index contributed by atoms with van der Waals surface area (Å²) in [6, 6.07) is 4.34. The number of rotatable bonds is 5. The molecule has 0 saturated heterocycles. The Kier molecular flexibility index (Phi) is 4.19. The lowest BCUT2D eigenvalue weighted by atomic mass is 10.1. The lowest BCUT2D eigenvalue weighted by Crippen LogP contribution is -2.21. The molecule has 1 heterocycles. The van der Waals surface area contributed by atoms with Crippen molar-refractivity contribution in [2.45, 2.75) is 45.4 Å². The zero-order chi connectivity index (χ0) is 13.0. The molecule has 1 aromatic heterocycles. The molecule has 18 heavy (non-hydrogen) atoms. The van der Waals surface area contributed by atoms with Crippen molar-refractivity contribution in [2.75, 3.05) is 18.5 Å². The van der Waals surface area contributed by atoms with Crippen molar-refractivity contribution in [3.63, 3.8) is 0 Å². The Bertz CT molecular complexity index is 460. The molecule has 2 rings (SSSR count). The van der Waals surface area contributed by atoms with Crippen molar-refractivity contribution in [3.05, 3.63) is 22.9 Å². The summed E-state index contributed by atoms with van der Waals surface area (Å²) in [6.07, 6.45) is 6.94. The molecule has 0 spiro atoms. The number of aromatic nitrogens is 1. The highest BCUT2D eigenvalue weighted by molar-refractivity contribution is 5.56. The summed E-state index contributed by atoms with van der Waals surface area (Å²) in [5.74, 6) is 0.870. The quantitative estimate of drug-likeness (QED) is 0.746. The van der Waals surface area contributed by atoms with Crippen LogP contribution < -0.4 is 4.90 Å². The molecule has 0 unspecified atom stereocenters. The monoisotopic (exact) mass is 243 g/mol. The Labute approximate surface area is 109 Å². The minimum absolute atomic E-state index is 0.731. The standard InChI is InChI=1S/C15H21N3/c1-3-4-5-9-18(2)15-13(11-16)10-12-7-6-8-14(12)17-15/h10H,3-9H2,1-2H3. The summed E-state index contributed by atoms with van der Waals surface area (Å²) in [5, 5.41) is 9.25. The Morgan fingerprint density at radius 3 is 2.94 bits per heavy atom. The van der Waals surface area contributed by atoms with E-state index in [-0.39, 0.29) is 0 Å². The Morgan fingerprint density at radius 2 is 2.22 bits per heavy atom. The molecule has 3 nitrogen and oxygen atoms in total. The molecular weight excluding hydrogens is 222 g/mol. The van der Waals surface area contributed by atoms with Crippen molar-refractivity contribution in [1.82, 2.24) is 4.98 Å². The first-order chi connectivity index (χ1) is 8.76. The minimum atomic E-state index is 0.731. The zero-order valence-corrected chi connectivity index (χ0v) is 11.4. The number of nitrogens with zero attached hydrogens (tertiary/aromatic N) is 3. The second-order valence-corrected chi connectivity index (χ2v) is 5.06. The van der Waals surface area contributed by atoms with E-state index in [1.807, 2.05) is 13.1 Å². The predicted octanol–water partition coefficient (Wildman–Crippen LogP) is 3.07. The van der Waals surface area contributed by atoms with Crippen LogP contribution in [0.1, 0.15) is 49.4 Å². The van der Waals surface area contributed by atoms with E-state index in [0.29, 0.717) is 0 Å². The van der Waals surface area contributed by atoms with Gasteiger partial charge in [-0.2, -0.15) is 5.26 Å². The van der Waals surface area contributed by atoms with E-state index in [9.17, 15) is 5.26 Å². The summed E-state index contributed by atoms with van der Waals surface area (Å²) in [4.78, 5) is 6.84. The number of nitriles is 1. The van der Waals surface area contributed by atoms with E-state index in [0.717, 1.165) is 37.2 Å². The second-order valence-electron chi connectivity index (χ2n) is 5.06. The highest BCUT2D eigenvalue weighted by Crippen LogP contribution is 2.26. The van der Waals surface area contributed by atoms with Gasteiger partial charge in [-0.1, -0.05) is 19.8 Å². The van der Waals surface area contributed by atoms with Gasteiger partial charge in [0.15, 0.2) is 0 Å². The number of hydrogen-bond acceptors (Lipinski definition) is 3. The van der Waals surface area contributed by atoms with Crippen LogP contribution >= 0.6 is 0 Å². The molecule has 0 radical (unpaired) electrons. The van der Waals surface area contributed by atoms with Crippen LogP contribution in [0.25, 0.3) is 0 Å². The number of fused-ring (bicyclic) bond motifs is 1. The molecule has 1 aliphatic carbocycles. The largest absolute Gasteiger partial charge is 0.359 e. The highest BCUT2D eigenvalue weighted by Gasteiger charge is 2.18. The average Bonchev–Trinajstić information content (AvgIpc) is 2.84. The van der Waals surface area contributed by atoms with Gasteiger partial charge >= 0.3 is 0 Å². The minimum Gasteiger partial charge on any atom is -0.359 e. The van der Waals surface area contributed by atoms with Crippen LogP contribution in [0.15, 0.2) is 6.07 Å². The number of aryl methyl sites for hydroxylation is 2. The van der Waals surface area contributed by atoms with Gasteiger partial charge in [0, 0.05) is 19.3 Å². The van der Waals surface area contributed by atoms with Gasteiger partial charge in [0.05, 0.1) is 5.56 Å². The van der Waals surface area contributed by atoms with Gasteiger partial charge in [0.25, 0.3) is 0 Å². The summed E-state index contributed by atoms with van der Waals surface area (Å²) in [6.45, 7) is 3.18. The van der Waals surface area contributed by atoms with Gasteiger partial charge in [0.1, 0.15) is 11.9 Å². The molecule has 0 bridgehead atoms. The molecule has 0 amide bonds. The molecule has 3 heteroatoms. The van der Waals surface area contributed by atoms with E-state index in [1.165, 1.54) is 30.5 Å². The smallest absolute Gasteiger partial charge is 0.146 e. The molecule has 0 fully saturated rings. The normalized spacial score (nSPS) is 13.2. The number of hydrogen-bond donors (Lipinski definition) is 0. The average molecular weight is 243 g/mol. The zero-order valence-electron chi connectivity index (χ0n) is 11.4. The lowest BCUT2D eigenvalue weighted by Gasteiger charge is -2.20. The van der Waals surface area contributed by atoms with Gasteiger partial charge < -0.3 is 4.90 Å². The first-order valence-corrected chi connectivity index (χ1v) is 6.90. The summed E-state index contributed by atoms with van der Waals surface area (Å²) in [7, 11) is 2.04. The highest BCUT2D eigenvalue weighted by atomic mass is 15.2. The third-order valence-corrected chi connectivity index (χ3v) is 3.61. The van der Waals surface area contributed by atoms with Crippen LogP contribution in [-0.4, -0.2) is 18.6 Å². The van der Waals surface area contributed by atoms with Crippen molar-refractivity contribution in [1.29, 1.82) is 5.26 Å². The Morgan fingerprint density at radius 1 is 1.39 bits per heavy atom. The van der Waals surface area contributed by atoms with Crippen LogP contribution in [0.4, 0.5) is 5.82 Å². The summed E-state index contributed by atoms with van der Waals surface area (Å²) in [5.41, 5.74) is 3.21. The lowest BCUT2D eigenvalue weighted by molar-refractivity contribution is 0.700. The molecular formula is C15H21N3. The molecule has 0 aliphatic heterocycles. The van der Waals surface area contributed by atoms with E-state index in [2.05, 4.69) is 17.9 Å². The van der Waals surface area contributed by atoms with Gasteiger partial charge in [-0.15, -0.1) is 0 Å². The Balaban J connectivity index is 2.18. The van der Waals surface area contributed by atoms with E-state index in [4.69, 9.17) is 4.98 Å². The molecule has 0 N–H and O–H groups in total. The van der Waals surface area contributed by atoms with Gasteiger partial charge in [-0.25, -0.2) is 4.98 Å². The SMILES string of the molecule is CCCCCN(C)c1nc2c(cc1C#N)CCC2. The second kappa shape index (κ2) is 5.86. The Hall–Kier alpha value is -1.56. The van der Waals surface area contributed by atoms with Gasteiger partial charge in [-0.3, -0.25) is 0 Å². The molecule has 0 atom stereocenters. The van der Waals surface area contributed by atoms with E-state index < -0.39 is 0 Å². The number of pyridine rings is 1. The van der Waals surface area contributed by atoms with Crippen LogP contribution in [-0.2, 0) is 12.8 Å². The fourth-order valence-electron chi connectivity index (χ4n) is 2.54. The first-order valence-electron chi connectivity index (χ1n) is 6.90. The molecule has 96 valence electrons. The fourth-order valence-corrected chi connectivity index (χ4v) is 2.54. The molecule has 1 aromatic rings. The maximum Gasteiger partial charge on any atom is 0.146 e. The van der Waals surface area contributed by atoms with E-state index in [1.54, 1.807) is 0 Å². The number of anilines is 1. The summed E-state index contributed by atoms with van der Waals surface area (Å²) >= 11 is 0. The predicted molar refractivity (Wildman–Crippen MR) is 73.8 cm³/mol. The van der Waals surface area contributed by atoms with Crippen LogP contribution in [0.5, 0.6) is 0 Å². The van der Waals surface area contributed by atoms with Crippen molar-refractivity contribution in [2.24, 2.45) is 0 Å². The van der Waals surface area contributed by atoms with Gasteiger partial charge in [0.2, 0.25) is 0 Å². The van der Waals surface area contributed by atoms with Crippen LogP contribution in [0.3, 0.4) is 0 Å². The van der Waals surface area contributed by atoms with E-state index >= 15 is 0 Å². The van der Waals surface area contributed by atoms with Crippen LogP contribution in [0, 0.1) is 11.3 Å². The van der Waals surface area contributed by atoms with Crippen LogP contribution in [0.2, 0.25) is 0 Å².